The van der Waals surface area contributed by atoms with E-state index in [0.717, 1.165) is 49.7 Å². The summed E-state index contributed by atoms with van der Waals surface area (Å²) in [5, 5.41) is 4.94. The van der Waals surface area contributed by atoms with Crippen molar-refractivity contribution in [2.45, 2.75) is 6.54 Å². The number of carbonyl (C=O) groups is 1. The van der Waals surface area contributed by atoms with Crippen LogP contribution in [0.4, 0.5) is 0 Å². The van der Waals surface area contributed by atoms with Gasteiger partial charge in [0.1, 0.15) is 0 Å². The fraction of sp³-hybridized carbons (Fsp3) is 0.385. The number of rotatable bonds is 6. The molecule has 3 aromatic rings. The van der Waals surface area contributed by atoms with E-state index < -0.39 is 0 Å². The number of amides is 1. The van der Waals surface area contributed by atoms with Crippen LogP contribution in [0.2, 0.25) is 0 Å². The van der Waals surface area contributed by atoms with E-state index in [1.54, 1.807) is 0 Å². The van der Waals surface area contributed by atoms with Gasteiger partial charge in [0.05, 0.1) is 31.1 Å². The summed E-state index contributed by atoms with van der Waals surface area (Å²) in [6.07, 6.45) is 2.16. The lowest BCUT2D eigenvalue weighted by Crippen LogP contribution is -2.51. The van der Waals surface area contributed by atoms with Gasteiger partial charge in [-0.2, -0.15) is 5.10 Å². The minimum atomic E-state index is 0.224. The normalized spacial score (nSPS) is 17.9. The first-order chi connectivity index (χ1) is 16.3. The van der Waals surface area contributed by atoms with E-state index in [0.29, 0.717) is 32.8 Å². The molecule has 0 unspecified atom stereocenters. The van der Waals surface area contributed by atoms with Crippen LogP contribution in [0.3, 0.4) is 0 Å². The molecule has 0 aliphatic carbocycles. The number of aromatic nitrogens is 2. The Labute approximate surface area is 195 Å². The molecule has 2 saturated heterocycles. The van der Waals surface area contributed by atoms with Gasteiger partial charge in [0, 0.05) is 63.1 Å². The summed E-state index contributed by atoms with van der Waals surface area (Å²) in [6, 6.07) is 20.7. The van der Waals surface area contributed by atoms with Crippen molar-refractivity contribution in [1.82, 2.24) is 24.5 Å². The van der Waals surface area contributed by atoms with E-state index in [1.807, 2.05) is 33.8 Å². The summed E-state index contributed by atoms with van der Waals surface area (Å²) < 4.78 is 7.34. The van der Waals surface area contributed by atoms with Crippen LogP contribution < -0.4 is 0 Å². The van der Waals surface area contributed by atoms with E-state index in [9.17, 15) is 4.79 Å². The lowest BCUT2D eigenvalue weighted by molar-refractivity contribution is -0.136. The fourth-order valence-electron chi connectivity index (χ4n) is 4.53. The number of para-hydroxylation sites is 1. The van der Waals surface area contributed by atoms with Gasteiger partial charge in [-0.15, -0.1) is 0 Å². The smallest absolute Gasteiger partial charge is 0.236 e. The molecule has 2 fully saturated rings. The minimum absolute atomic E-state index is 0.224. The van der Waals surface area contributed by atoms with Gasteiger partial charge in [0.2, 0.25) is 5.91 Å². The summed E-state index contributed by atoms with van der Waals surface area (Å²) in [5.74, 6) is 0.224. The van der Waals surface area contributed by atoms with Crippen molar-refractivity contribution >= 4 is 5.91 Å². The average molecular weight is 446 g/mol. The second-order valence-electron chi connectivity index (χ2n) is 8.69. The molecule has 172 valence electrons. The average Bonchev–Trinajstić information content (AvgIpc) is 3.30. The standard InChI is InChI=1S/C26H31N5O2/c32-25(30-15-17-33-18-16-30)21-29-13-11-28(12-14-29)19-23-20-31(24-9-5-2-6-10-24)27-26(23)22-7-3-1-4-8-22/h1-10,20H,11-19,21H2. The molecule has 2 aliphatic rings. The quantitative estimate of drug-likeness (QED) is 0.584. The highest BCUT2D eigenvalue weighted by molar-refractivity contribution is 5.78. The van der Waals surface area contributed by atoms with Gasteiger partial charge in [-0.25, -0.2) is 4.68 Å². The predicted molar refractivity (Wildman–Crippen MR) is 128 cm³/mol. The zero-order chi connectivity index (χ0) is 22.5. The number of ether oxygens (including phenoxy) is 1. The highest BCUT2D eigenvalue weighted by Crippen LogP contribution is 2.25. The van der Waals surface area contributed by atoms with Crippen LogP contribution in [-0.4, -0.2) is 89.4 Å². The van der Waals surface area contributed by atoms with Gasteiger partial charge in [-0.1, -0.05) is 48.5 Å². The number of benzene rings is 2. The number of carbonyl (C=O) groups excluding carboxylic acids is 1. The van der Waals surface area contributed by atoms with Crippen molar-refractivity contribution < 1.29 is 9.53 Å². The molecule has 2 aliphatic heterocycles. The summed E-state index contributed by atoms with van der Waals surface area (Å²) in [7, 11) is 0. The summed E-state index contributed by atoms with van der Waals surface area (Å²) in [4.78, 5) is 19.3. The molecule has 2 aromatic carbocycles. The molecule has 7 heteroatoms. The fourth-order valence-corrected chi connectivity index (χ4v) is 4.53. The van der Waals surface area contributed by atoms with E-state index in [1.165, 1.54) is 5.56 Å². The molecule has 5 rings (SSSR count). The Morgan fingerprint density at radius 3 is 2.15 bits per heavy atom. The molecule has 0 radical (unpaired) electrons. The lowest BCUT2D eigenvalue weighted by atomic mass is 10.1. The largest absolute Gasteiger partial charge is 0.378 e. The van der Waals surface area contributed by atoms with Crippen LogP contribution in [0.5, 0.6) is 0 Å². The third-order valence-electron chi connectivity index (χ3n) is 6.44. The Kier molecular flexibility index (Phi) is 6.81. The van der Waals surface area contributed by atoms with E-state index in [2.05, 4.69) is 52.4 Å². The zero-order valence-electron chi connectivity index (χ0n) is 19.0. The van der Waals surface area contributed by atoms with Gasteiger partial charge in [0.15, 0.2) is 0 Å². The van der Waals surface area contributed by atoms with Gasteiger partial charge in [-0.05, 0) is 12.1 Å². The van der Waals surface area contributed by atoms with Crippen LogP contribution >= 0.6 is 0 Å². The topological polar surface area (TPSA) is 53.8 Å². The van der Waals surface area contributed by atoms with E-state index in [4.69, 9.17) is 9.84 Å². The first-order valence-electron chi connectivity index (χ1n) is 11.8. The highest BCUT2D eigenvalue weighted by atomic mass is 16.5. The molecular weight excluding hydrogens is 414 g/mol. The zero-order valence-corrected chi connectivity index (χ0v) is 19.0. The lowest BCUT2D eigenvalue weighted by Gasteiger charge is -2.36. The van der Waals surface area contributed by atoms with Crippen molar-refractivity contribution in [3.63, 3.8) is 0 Å². The minimum Gasteiger partial charge on any atom is -0.378 e. The number of nitrogens with zero attached hydrogens (tertiary/aromatic N) is 5. The van der Waals surface area contributed by atoms with Gasteiger partial charge in [0.25, 0.3) is 0 Å². The van der Waals surface area contributed by atoms with Crippen LogP contribution in [0, 0.1) is 0 Å². The molecule has 0 saturated carbocycles. The molecule has 3 heterocycles. The Hall–Kier alpha value is -3.00. The summed E-state index contributed by atoms with van der Waals surface area (Å²) >= 11 is 0. The predicted octanol–water partition coefficient (Wildman–Crippen LogP) is 2.52. The van der Waals surface area contributed by atoms with Crippen molar-refractivity contribution in [2.75, 3.05) is 59.0 Å². The van der Waals surface area contributed by atoms with Crippen LogP contribution in [-0.2, 0) is 16.1 Å². The maximum Gasteiger partial charge on any atom is 0.236 e. The third-order valence-corrected chi connectivity index (χ3v) is 6.44. The van der Waals surface area contributed by atoms with Crippen molar-refractivity contribution in [3.8, 4) is 16.9 Å². The van der Waals surface area contributed by atoms with Crippen LogP contribution in [0.1, 0.15) is 5.56 Å². The molecule has 0 N–H and O–H groups in total. The number of hydrogen-bond donors (Lipinski definition) is 0. The van der Waals surface area contributed by atoms with Crippen molar-refractivity contribution in [1.29, 1.82) is 0 Å². The number of hydrogen-bond acceptors (Lipinski definition) is 5. The maximum absolute atomic E-state index is 12.6. The molecule has 1 amide bonds. The third kappa shape index (κ3) is 5.33. The molecule has 7 nitrogen and oxygen atoms in total. The maximum atomic E-state index is 12.6. The SMILES string of the molecule is O=C(CN1CCN(Cc2cn(-c3ccccc3)nc2-c2ccccc2)CC1)N1CCOCC1. The Morgan fingerprint density at radius 1 is 0.818 bits per heavy atom. The molecule has 0 spiro atoms. The molecule has 0 atom stereocenters. The molecular formula is C26H31N5O2. The molecule has 1 aromatic heterocycles. The Morgan fingerprint density at radius 2 is 1.45 bits per heavy atom. The van der Waals surface area contributed by atoms with E-state index >= 15 is 0 Å². The summed E-state index contributed by atoms with van der Waals surface area (Å²) in [5.41, 5.74) is 4.46. The van der Waals surface area contributed by atoms with Gasteiger partial charge < -0.3 is 9.64 Å². The number of piperazine rings is 1. The Balaban J connectivity index is 1.25. The second kappa shape index (κ2) is 10.3. The number of morpholine rings is 1. The second-order valence-corrected chi connectivity index (χ2v) is 8.69. The Bertz CT molecular complexity index is 1040. The van der Waals surface area contributed by atoms with Gasteiger partial charge >= 0.3 is 0 Å². The van der Waals surface area contributed by atoms with Crippen LogP contribution in [0.25, 0.3) is 16.9 Å². The van der Waals surface area contributed by atoms with Crippen LogP contribution in [0.15, 0.2) is 66.9 Å². The first-order valence-corrected chi connectivity index (χ1v) is 11.8. The molecule has 33 heavy (non-hydrogen) atoms. The van der Waals surface area contributed by atoms with Crippen molar-refractivity contribution in [3.05, 3.63) is 72.4 Å². The van der Waals surface area contributed by atoms with Crippen molar-refractivity contribution in [2.24, 2.45) is 0 Å². The first kappa shape index (κ1) is 21.8. The molecule has 0 bridgehead atoms. The van der Waals surface area contributed by atoms with E-state index in [-0.39, 0.29) is 5.91 Å². The monoisotopic (exact) mass is 445 g/mol. The van der Waals surface area contributed by atoms with Gasteiger partial charge in [-0.3, -0.25) is 14.6 Å². The summed E-state index contributed by atoms with van der Waals surface area (Å²) in [6.45, 7) is 7.80. The highest BCUT2D eigenvalue weighted by Gasteiger charge is 2.24.